The molecule has 1 fully saturated rings. The van der Waals surface area contributed by atoms with Gasteiger partial charge >= 0.3 is 0 Å². The van der Waals surface area contributed by atoms with Crippen molar-refractivity contribution in [3.63, 3.8) is 0 Å². The first kappa shape index (κ1) is 17.0. The zero-order valence-electron chi connectivity index (χ0n) is 14.0. The van der Waals surface area contributed by atoms with Crippen LogP contribution in [0.5, 0.6) is 0 Å². The van der Waals surface area contributed by atoms with Crippen molar-refractivity contribution in [1.82, 2.24) is 4.90 Å². The minimum absolute atomic E-state index is 0.220. The van der Waals surface area contributed by atoms with Gasteiger partial charge in [0.25, 0.3) is 0 Å². The highest BCUT2D eigenvalue weighted by Crippen LogP contribution is 2.40. The molecule has 0 radical (unpaired) electrons. The van der Waals surface area contributed by atoms with Crippen LogP contribution >= 0.6 is 0 Å². The summed E-state index contributed by atoms with van der Waals surface area (Å²) in [6.45, 7) is 15.0. The average Bonchev–Trinajstić information content (AvgIpc) is 2.45. The summed E-state index contributed by atoms with van der Waals surface area (Å²) in [4.78, 5) is 2.68. The fraction of sp³-hybridized carbons (Fsp3) is 1.00. The predicted octanol–water partition coefficient (Wildman–Crippen LogP) is 4.04. The van der Waals surface area contributed by atoms with Crippen LogP contribution in [0, 0.1) is 11.3 Å². The normalized spacial score (nSPS) is 23.5. The second-order valence-corrected chi connectivity index (χ2v) is 7.33. The second-order valence-electron chi connectivity index (χ2n) is 7.33. The van der Waals surface area contributed by atoms with E-state index in [9.17, 15) is 0 Å². The maximum Gasteiger partial charge on any atom is 0.0303 e. The van der Waals surface area contributed by atoms with Gasteiger partial charge in [-0.05, 0) is 57.0 Å². The van der Waals surface area contributed by atoms with Crippen LogP contribution in [-0.2, 0) is 0 Å². The zero-order valence-corrected chi connectivity index (χ0v) is 14.0. The third-order valence-electron chi connectivity index (χ3n) is 5.79. The van der Waals surface area contributed by atoms with Crippen molar-refractivity contribution in [2.45, 2.75) is 78.7 Å². The molecule has 0 aromatic carbocycles. The molecular formula is C17H36N2. The van der Waals surface area contributed by atoms with E-state index in [1.165, 1.54) is 51.6 Å². The van der Waals surface area contributed by atoms with Crippen molar-refractivity contribution in [3.8, 4) is 0 Å². The second kappa shape index (κ2) is 7.08. The number of likely N-dealkylation sites (tertiary alicyclic amines) is 1. The first-order chi connectivity index (χ1) is 8.91. The standard InChI is InChI=1S/C17H36N2/c1-6-17(7-2)10-12-19(13-11-17)16(5,14-18)9-8-15(3)4/h15H,6-14,18H2,1-5H3. The van der Waals surface area contributed by atoms with Crippen LogP contribution in [-0.4, -0.2) is 30.1 Å². The Balaban J connectivity index is 2.60. The van der Waals surface area contributed by atoms with Gasteiger partial charge < -0.3 is 5.73 Å². The molecule has 1 atom stereocenters. The van der Waals surface area contributed by atoms with Crippen molar-refractivity contribution >= 4 is 0 Å². The molecule has 0 bridgehead atoms. The number of rotatable bonds is 7. The molecule has 1 saturated heterocycles. The van der Waals surface area contributed by atoms with E-state index < -0.39 is 0 Å². The van der Waals surface area contributed by atoms with Gasteiger partial charge in [-0.25, -0.2) is 0 Å². The van der Waals surface area contributed by atoms with Crippen LogP contribution in [0.4, 0.5) is 0 Å². The van der Waals surface area contributed by atoms with E-state index >= 15 is 0 Å². The van der Waals surface area contributed by atoms with Crippen molar-refractivity contribution in [1.29, 1.82) is 0 Å². The lowest BCUT2D eigenvalue weighted by atomic mass is 9.73. The van der Waals surface area contributed by atoms with Crippen LogP contribution in [0.25, 0.3) is 0 Å². The Morgan fingerprint density at radius 2 is 1.68 bits per heavy atom. The number of nitrogens with two attached hydrogens (primary N) is 1. The molecule has 0 aliphatic carbocycles. The van der Waals surface area contributed by atoms with Crippen LogP contribution in [0.2, 0.25) is 0 Å². The molecule has 1 unspecified atom stereocenters. The summed E-state index contributed by atoms with van der Waals surface area (Å²) < 4.78 is 0. The molecular weight excluding hydrogens is 232 g/mol. The summed E-state index contributed by atoms with van der Waals surface area (Å²) in [7, 11) is 0. The average molecular weight is 268 g/mol. The van der Waals surface area contributed by atoms with Gasteiger partial charge in [-0.15, -0.1) is 0 Å². The fourth-order valence-corrected chi connectivity index (χ4v) is 3.47. The molecule has 2 heteroatoms. The first-order valence-electron chi connectivity index (χ1n) is 8.36. The molecule has 114 valence electrons. The van der Waals surface area contributed by atoms with Crippen LogP contribution in [0.3, 0.4) is 0 Å². The predicted molar refractivity (Wildman–Crippen MR) is 85.4 cm³/mol. The Kier molecular flexibility index (Phi) is 6.32. The Labute approximate surface area is 121 Å². The Morgan fingerprint density at radius 1 is 1.16 bits per heavy atom. The Morgan fingerprint density at radius 3 is 2.05 bits per heavy atom. The highest BCUT2D eigenvalue weighted by atomic mass is 15.2. The van der Waals surface area contributed by atoms with Gasteiger partial charge in [0, 0.05) is 12.1 Å². The summed E-state index contributed by atoms with van der Waals surface area (Å²) in [6.07, 6.45) is 7.92. The molecule has 1 aliphatic heterocycles. The van der Waals surface area contributed by atoms with Gasteiger partial charge in [0.05, 0.1) is 0 Å². The van der Waals surface area contributed by atoms with E-state index in [4.69, 9.17) is 5.73 Å². The summed E-state index contributed by atoms with van der Waals surface area (Å²) in [5.74, 6) is 0.779. The molecule has 0 aromatic rings. The summed E-state index contributed by atoms with van der Waals surface area (Å²) in [6, 6.07) is 0. The minimum atomic E-state index is 0.220. The van der Waals surface area contributed by atoms with E-state index in [2.05, 4.69) is 39.5 Å². The maximum absolute atomic E-state index is 6.12. The van der Waals surface area contributed by atoms with Gasteiger partial charge in [0.2, 0.25) is 0 Å². The van der Waals surface area contributed by atoms with Gasteiger partial charge in [0.15, 0.2) is 0 Å². The highest BCUT2D eigenvalue weighted by Gasteiger charge is 2.37. The van der Waals surface area contributed by atoms with E-state index in [1.807, 2.05) is 0 Å². The van der Waals surface area contributed by atoms with E-state index in [0.29, 0.717) is 5.41 Å². The molecule has 2 nitrogen and oxygen atoms in total. The van der Waals surface area contributed by atoms with Crippen LogP contribution < -0.4 is 5.73 Å². The lowest BCUT2D eigenvalue weighted by Gasteiger charge is -2.49. The fourth-order valence-electron chi connectivity index (χ4n) is 3.47. The minimum Gasteiger partial charge on any atom is -0.329 e. The first-order valence-corrected chi connectivity index (χ1v) is 8.36. The third kappa shape index (κ3) is 4.19. The lowest BCUT2D eigenvalue weighted by Crippen LogP contribution is -2.55. The molecule has 0 amide bonds. The third-order valence-corrected chi connectivity index (χ3v) is 5.79. The summed E-state index contributed by atoms with van der Waals surface area (Å²) in [5, 5.41) is 0. The Hall–Kier alpha value is -0.0800. The maximum atomic E-state index is 6.12. The quantitative estimate of drug-likeness (QED) is 0.755. The van der Waals surface area contributed by atoms with E-state index in [0.717, 1.165) is 12.5 Å². The molecule has 0 spiro atoms. The summed E-state index contributed by atoms with van der Waals surface area (Å²) in [5.41, 5.74) is 6.95. The SMILES string of the molecule is CCC1(CC)CCN(C(C)(CN)CCC(C)C)CC1. The summed E-state index contributed by atoms with van der Waals surface area (Å²) >= 11 is 0. The number of hydrogen-bond acceptors (Lipinski definition) is 2. The van der Waals surface area contributed by atoms with Crippen LogP contribution in [0.1, 0.15) is 73.1 Å². The van der Waals surface area contributed by atoms with Gasteiger partial charge in [-0.2, -0.15) is 0 Å². The molecule has 19 heavy (non-hydrogen) atoms. The topological polar surface area (TPSA) is 29.3 Å². The van der Waals surface area contributed by atoms with Crippen molar-refractivity contribution in [2.75, 3.05) is 19.6 Å². The van der Waals surface area contributed by atoms with Gasteiger partial charge in [0.1, 0.15) is 0 Å². The van der Waals surface area contributed by atoms with E-state index in [1.54, 1.807) is 0 Å². The molecule has 0 saturated carbocycles. The Bertz CT molecular complexity index is 248. The van der Waals surface area contributed by atoms with Crippen molar-refractivity contribution in [3.05, 3.63) is 0 Å². The van der Waals surface area contributed by atoms with Crippen molar-refractivity contribution < 1.29 is 0 Å². The van der Waals surface area contributed by atoms with Crippen LogP contribution in [0.15, 0.2) is 0 Å². The lowest BCUT2D eigenvalue weighted by molar-refractivity contribution is 0.0183. The number of nitrogens with zero attached hydrogens (tertiary/aromatic N) is 1. The monoisotopic (exact) mass is 268 g/mol. The smallest absolute Gasteiger partial charge is 0.0303 e. The largest absolute Gasteiger partial charge is 0.329 e. The molecule has 1 rings (SSSR count). The van der Waals surface area contributed by atoms with Crippen molar-refractivity contribution in [2.24, 2.45) is 17.1 Å². The van der Waals surface area contributed by atoms with Gasteiger partial charge in [-0.3, -0.25) is 4.90 Å². The highest BCUT2D eigenvalue weighted by molar-refractivity contribution is 4.93. The molecule has 0 aromatic heterocycles. The molecule has 1 aliphatic rings. The van der Waals surface area contributed by atoms with Gasteiger partial charge in [-0.1, -0.05) is 40.5 Å². The number of piperidine rings is 1. The number of hydrogen-bond donors (Lipinski definition) is 1. The zero-order chi connectivity index (χ0) is 14.5. The molecule has 1 heterocycles. The van der Waals surface area contributed by atoms with E-state index in [-0.39, 0.29) is 5.54 Å². The molecule has 2 N–H and O–H groups in total.